The summed E-state index contributed by atoms with van der Waals surface area (Å²) in [5, 5.41) is 16.2. The van der Waals surface area contributed by atoms with E-state index in [-0.39, 0.29) is 6.04 Å². The summed E-state index contributed by atoms with van der Waals surface area (Å²) in [5.41, 5.74) is 0.741. The molecule has 0 saturated carbocycles. The monoisotopic (exact) mass is 302 g/mol. The molecule has 0 radical (unpaired) electrons. The van der Waals surface area contributed by atoms with E-state index in [0.29, 0.717) is 11.9 Å². The van der Waals surface area contributed by atoms with Crippen LogP contribution >= 0.6 is 0 Å². The van der Waals surface area contributed by atoms with E-state index in [1.165, 1.54) is 6.34 Å². The Labute approximate surface area is 132 Å². The number of rotatable bonds is 6. The average molecular weight is 302 g/mol. The van der Waals surface area contributed by atoms with Gasteiger partial charge in [0.15, 0.2) is 5.82 Å². The number of aromatic nitrogens is 2. The van der Waals surface area contributed by atoms with Gasteiger partial charge in [0.25, 0.3) is 0 Å². The fourth-order valence-electron chi connectivity index (χ4n) is 3.18. The van der Waals surface area contributed by atoms with E-state index in [4.69, 9.17) is 10.8 Å². The number of hydrogen-bond donors (Lipinski definition) is 2. The second kappa shape index (κ2) is 6.85. The number of hydrogen-bond acceptors (Lipinski definition) is 5. The fourth-order valence-corrected chi connectivity index (χ4v) is 3.18. The normalized spacial score (nSPS) is 17.9. The minimum Gasteiger partial charge on any atom is -0.342 e. The number of aryl methyl sites for hydroxylation is 1. The highest BCUT2D eigenvalue weighted by Gasteiger charge is 2.38. The highest BCUT2D eigenvalue weighted by Crippen LogP contribution is 2.37. The van der Waals surface area contributed by atoms with Gasteiger partial charge in [-0.3, -0.25) is 15.7 Å². The van der Waals surface area contributed by atoms with Crippen molar-refractivity contribution >= 4 is 23.7 Å². The largest absolute Gasteiger partial charge is 0.342 e. The number of amidine groups is 1. The Hall–Kier alpha value is -1.98. The van der Waals surface area contributed by atoms with Gasteiger partial charge in [-0.1, -0.05) is 27.2 Å². The lowest BCUT2D eigenvalue weighted by molar-refractivity contribution is 0.501. The zero-order chi connectivity index (χ0) is 16.3. The second-order valence-electron chi connectivity index (χ2n) is 5.69. The first kappa shape index (κ1) is 16.4. The molecule has 1 aromatic heterocycles. The predicted molar refractivity (Wildman–Crippen MR) is 91.3 cm³/mol. The lowest BCUT2D eigenvalue weighted by atomic mass is 9.99. The Morgan fingerprint density at radius 1 is 1.32 bits per heavy atom. The van der Waals surface area contributed by atoms with Crippen LogP contribution in [0.25, 0.3) is 0 Å². The van der Waals surface area contributed by atoms with Crippen molar-refractivity contribution < 1.29 is 0 Å². The summed E-state index contributed by atoms with van der Waals surface area (Å²) in [7, 11) is 0. The quantitative estimate of drug-likeness (QED) is 0.624. The Morgan fingerprint density at radius 3 is 2.55 bits per heavy atom. The number of nitrogens with one attached hydrogen (secondary N) is 2. The van der Waals surface area contributed by atoms with E-state index in [0.717, 1.165) is 43.0 Å². The van der Waals surface area contributed by atoms with E-state index in [9.17, 15) is 0 Å². The predicted octanol–water partition coefficient (Wildman–Crippen LogP) is 3.35. The zero-order valence-corrected chi connectivity index (χ0v) is 13.9. The van der Waals surface area contributed by atoms with Crippen LogP contribution in [0, 0.1) is 17.7 Å². The van der Waals surface area contributed by atoms with Gasteiger partial charge in [-0.05, 0) is 26.2 Å². The molecule has 2 heterocycles. The SMILES string of the molecule is CCC[C@@H]1C(=N)N(C=N)c2cnc(C)nc2N1C(CC)CC. The van der Waals surface area contributed by atoms with Crippen molar-refractivity contribution in [2.24, 2.45) is 0 Å². The summed E-state index contributed by atoms with van der Waals surface area (Å²) in [5.74, 6) is 2.03. The van der Waals surface area contributed by atoms with Crippen LogP contribution in [-0.4, -0.2) is 34.2 Å². The molecule has 0 fully saturated rings. The van der Waals surface area contributed by atoms with Crippen molar-refractivity contribution in [3.8, 4) is 0 Å². The summed E-state index contributed by atoms with van der Waals surface area (Å²) in [6, 6.07) is 0.316. The molecular weight excluding hydrogens is 276 g/mol. The van der Waals surface area contributed by atoms with Crippen molar-refractivity contribution in [3.63, 3.8) is 0 Å². The average Bonchev–Trinajstić information content (AvgIpc) is 2.52. The molecule has 1 atom stereocenters. The first-order valence-corrected chi connectivity index (χ1v) is 8.09. The maximum atomic E-state index is 8.54. The standard InChI is InChI=1S/C16H26N6/c1-5-8-13-15(18)21(10-17)14-9-19-11(4)20-16(14)22(13)12(6-2)7-3/h9-10,12-13,17-18H,5-8H2,1-4H3/t13-/m1/s1. The highest BCUT2D eigenvalue weighted by atomic mass is 15.4. The second-order valence-corrected chi connectivity index (χ2v) is 5.69. The minimum atomic E-state index is -0.0294. The Kier molecular flexibility index (Phi) is 5.11. The third kappa shape index (κ3) is 2.69. The van der Waals surface area contributed by atoms with Crippen LogP contribution in [0.5, 0.6) is 0 Å². The molecule has 0 saturated heterocycles. The van der Waals surface area contributed by atoms with Crippen LogP contribution in [0.3, 0.4) is 0 Å². The van der Waals surface area contributed by atoms with Crippen molar-refractivity contribution in [1.29, 1.82) is 10.8 Å². The zero-order valence-electron chi connectivity index (χ0n) is 13.9. The molecule has 0 aliphatic carbocycles. The molecule has 2 rings (SSSR count). The summed E-state index contributed by atoms with van der Waals surface area (Å²) in [4.78, 5) is 12.8. The third-order valence-electron chi connectivity index (χ3n) is 4.31. The van der Waals surface area contributed by atoms with Gasteiger partial charge >= 0.3 is 0 Å². The molecule has 1 aliphatic heterocycles. The molecule has 0 bridgehead atoms. The lowest BCUT2D eigenvalue weighted by Crippen LogP contribution is -2.56. The number of fused-ring (bicyclic) bond motifs is 1. The van der Waals surface area contributed by atoms with Crippen LogP contribution in [0.1, 0.15) is 52.3 Å². The van der Waals surface area contributed by atoms with Crippen LogP contribution in [-0.2, 0) is 0 Å². The number of anilines is 2. The molecule has 0 spiro atoms. The Bertz CT molecular complexity index is 552. The maximum absolute atomic E-state index is 8.54. The topological polar surface area (TPSA) is 80.0 Å². The fraction of sp³-hybridized carbons (Fsp3) is 0.625. The van der Waals surface area contributed by atoms with Gasteiger partial charge in [-0.2, -0.15) is 0 Å². The molecule has 0 aromatic carbocycles. The summed E-state index contributed by atoms with van der Waals surface area (Å²) in [6.45, 7) is 8.37. The number of nitrogens with zero attached hydrogens (tertiary/aromatic N) is 4. The van der Waals surface area contributed by atoms with Gasteiger partial charge in [-0.15, -0.1) is 0 Å². The van der Waals surface area contributed by atoms with Crippen molar-refractivity contribution in [2.75, 3.05) is 9.80 Å². The first-order valence-electron chi connectivity index (χ1n) is 8.09. The summed E-state index contributed by atoms with van der Waals surface area (Å²) < 4.78 is 0. The molecule has 6 heteroatoms. The molecule has 1 aromatic rings. The Balaban J connectivity index is 2.62. The lowest BCUT2D eigenvalue weighted by Gasteiger charge is -2.45. The van der Waals surface area contributed by atoms with Gasteiger partial charge < -0.3 is 4.90 Å². The van der Waals surface area contributed by atoms with E-state index in [2.05, 4.69) is 35.6 Å². The third-order valence-corrected chi connectivity index (χ3v) is 4.31. The van der Waals surface area contributed by atoms with E-state index < -0.39 is 0 Å². The molecule has 120 valence electrons. The molecule has 1 aliphatic rings. The highest BCUT2D eigenvalue weighted by molar-refractivity contribution is 6.16. The smallest absolute Gasteiger partial charge is 0.157 e. The van der Waals surface area contributed by atoms with E-state index in [1.54, 1.807) is 11.1 Å². The van der Waals surface area contributed by atoms with Crippen LogP contribution < -0.4 is 9.80 Å². The van der Waals surface area contributed by atoms with Gasteiger partial charge in [0.05, 0.1) is 18.6 Å². The van der Waals surface area contributed by atoms with Crippen molar-refractivity contribution in [2.45, 2.75) is 65.5 Å². The van der Waals surface area contributed by atoms with E-state index >= 15 is 0 Å². The molecule has 22 heavy (non-hydrogen) atoms. The van der Waals surface area contributed by atoms with Crippen LogP contribution in [0.4, 0.5) is 11.5 Å². The van der Waals surface area contributed by atoms with Gasteiger partial charge in [0.2, 0.25) is 0 Å². The van der Waals surface area contributed by atoms with Gasteiger partial charge in [0.1, 0.15) is 17.3 Å². The molecule has 6 nitrogen and oxygen atoms in total. The summed E-state index contributed by atoms with van der Waals surface area (Å²) >= 11 is 0. The van der Waals surface area contributed by atoms with Gasteiger partial charge in [-0.25, -0.2) is 9.97 Å². The van der Waals surface area contributed by atoms with E-state index in [1.807, 2.05) is 6.92 Å². The molecule has 0 unspecified atom stereocenters. The van der Waals surface area contributed by atoms with Gasteiger partial charge in [0, 0.05) is 6.04 Å². The van der Waals surface area contributed by atoms with Crippen LogP contribution in [0.2, 0.25) is 0 Å². The first-order chi connectivity index (χ1) is 10.6. The maximum Gasteiger partial charge on any atom is 0.157 e. The molecular formula is C16H26N6. The van der Waals surface area contributed by atoms with Crippen molar-refractivity contribution in [1.82, 2.24) is 9.97 Å². The Morgan fingerprint density at radius 2 is 2.00 bits per heavy atom. The van der Waals surface area contributed by atoms with Crippen LogP contribution in [0.15, 0.2) is 6.20 Å². The molecule has 0 amide bonds. The summed E-state index contributed by atoms with van der Waals surface area (Å²) in [6.07, 6.45) is 6.84. The molecule has 2 N–H and O–H groups in total. The minimum absolute atomic E-state index is 0.0294. The van der Waals surface area contributed by atoms with Crippen molar-refractivity contribution in [3.05, 3.63) is 12.0 Å².